The van der Waals surface area contributed by atoms with Gasteiger partial charge in [-0.25, -0.2) is 4.98 Å². The quantitative estimate of drug-likeness (QED) is 0.792. The zero-order valence-corrected chi connectivity index (χ0v) is 10.8. The molecule has 0 fully saturated rings. The predicted molar refractivity (Wildman–Crippen MR) is 66.4 cm³/mol. The van der Waals surface area contributed by atoms with E-state index in [0.717, 1.165) is 5.56 Å². The van der Waals surface area contributed by atoms with Crippen molar-refractivity contribution < 1.29 is 9.53 Å². The van der Waals surface area contributed by atoms with Crippen molar-refractivity contribution in [2.24, 2.45) is 5.92 Å². The van der Waals surface area contributed by atoms with Gasteiger partial charge in [0.2, 0.25) is 0 Å². The van der Waals surface area contributed by atoms with E-state index in [2.05, 4.69) is 10.3 Å². The summed E-state index contributed by atoms with van der Waals surface area (Å²) in [6, 6.07) is 5.21. The number of rotatable bonds is 5. The SMILES string of the molecule is COC(=O)C(NCc1cccnc1C#N)C(C)C. The first-order chi connectivity index (χ1) is 8.60. The molecule has 1 aromatic heterocycles. The average Bonchev–Trinajstić information content (AvgIpc) is 2.38. The molecule has 0 spiro atoms. The van der Waals surface area contributed by atoms with Crippen molar-refractivity contribution in [2.45, 2.75) is 26.4 Å². The van der Waals surface area contributed by atoms with Gasteiger partial charge in [0.05, 0.1) is 7.11 Å². The number of aromatic nitrogens is 1. The number of nitrogens with zero attached hydrogens (tertiary/aromatic N) is 2. The number of nitriles is 1. The summed E-state index contributed by atoms with van der Waals surface area (Å²) in [6.07, 6.45) is 1.57. The monoisotopic (exact) mass is 247 g/mol. The molecule has 1 rings (SSSR count). The maximum absolute atomic E-state index is 11.6. The number of ether oxygens (including phenoxy) is 1. The molecule has 96 valence electrons. The van der Waals surface area contributed by atoms with Gasteiger partial charge in [-0.15, -0.1) is 0 Å². The van der Waals surface area contributed by atoms with Crippen LogP contribution in [0.25, 0.3) is 0 Å². The van der Waals surface area contributed by atoms with Crippen molar-refractivity contribution in [1.29, 1.82) is 5.26 Å². The van der Waals surface area contributed by atoms with Gasteiger partial charge >= 0.3 is 5.97 Å². The standard InChI is InChI=1S/C13H17N3O2/c1-9(2)12(13(17)18-3)16-8-10-5-4-6-15-11(10)7-14/h4-6,9,12,16H,8H2,1-3H3. The molecule has 0 aliphatic heterocycles. The van der Waals surface area contributed by atoms with E-state index < -0.39 is 0 Å². The third-order valence-corrected chi connectivity index (χ3v) is 2.63. The molecule has 0 bridgehead atoms. The van der Waals surface area contributed by atoms with Crippen molar-refractivity contribution >= 4 is 5.97 Å². The fourth-order valence-electron chi connectivity index (χ4n) is 1.62. The summed E-state index contributed by atoms with van der Waals surface area (Å²) in [7, 11) is 1.37. The van der Waals surface area contributed by atoms with Crippen LogP contribution in [0.1, 0.15) is 25.1 Å². The largest absolute Gasteiger partial charge is 0.468 e. The van der Waals surface area contributed by atoms with Crippen LogP contribution in [0.3, 0.4) is 0 Å². The van der Waals surface area contributed by atoms with E-state index in [-0.39, 0.29) is 17.9 Å². The molecule has 0 amide bonds. The van der Waals surface area contributed by atoms with E-state index in [1.807, 2.05) is 26.0 Å². The van der Waals surface area contributed by atoms with Crippen LogP contribution >= 0.6 is 0 Å². The smallest absolute Gasteiger partial charge is 0.323 e. The van der Waals surface area contributed by atoms with Crippen LogP contribution in [-0.4, -0.2) is 24.1 Å². The minimum absolute atomic E-state index is 0.111. The van der Waals surface area contributed by atoms with Crippen molar-refractivity contribution in [3.63, 3.8) is 0 Å². The Morgan fingerprint density at radius 2 is 2.33 bits per heavy atom. The number of esters is 1. The first-order valence-electron chi connectivity index (χ1n) is 5.75. The molecule has 1 atom stereocenters. The minimum Gasteiger partial charge on any atom is -0.468 e. The Morgan fingerprint density at radius 3 is 2.89 bits per heavy atom. The van der Waals surface area contributed by atoms with Crippen LogP contribution in [-0.2, 0) is 16.1 Å². The number of methoxy groups -OCH3 is 1. The van der Waals surface area contributed by atoms with Gasteiger partial charge in [-0.1, -0.05) is 19.9 Å². The summed E-state index contributed by atoms with van der Waals surface area (Å²) >= 11 is 0. The molecule has 0 aromatic carbocycles. The lowest BCUT2D eigenvalue weighted by Crippen LogP contribution is -2.41. The molecule has 0 radical (unpaired) electrons. The second-order valence-electron chi connectivity index (χ2n) is 4.25. The normalized spacial score (nSPS) is 11.9. The highest BCUT2D eigenvalue weighted by Crippen LogP contribution is 2.08. The van der Waals surface area contributed by atoms with Gasteiger partial charge in [0.15, 0.2) is 0 Å². The van der Waals surface area contributed by atoms with E-state index in [9.17, 15) is 4.79 Å². The molecule has 0 saturated carbocycles. The van der Waals surface area contributed by atoms with Gasteiger partial charge in [-0.2, -0.15) is 5.26 Å². The fourth-order valence-corrected chi connectivity index (χ4v) is 1.62. The van der Waals surface area contributed by atoms with Crippen molar-refractivity contribution in [3.05, 3.63) is 29.6 Å². The molecule has 1 unspecified atom stereocenters. The van der Waals surface area contributed by atoms with Crippen LogP contribution in [0.5, 0.6) is 0 Å². The van der Waals surface area contributed by atoms with Crippen molar-refractivity contribution in [3.8, 4) is 6.07 Å². The van der Waals surface area contributed by atoms with E-state index in [1.54, 1.807) is 12.3 Å². The number of nitrogens with one attached hydrogen (secondary N) is 1. The summed E-state index contributed by atoms with van der Waals surface area (Å²) in [6.45, 7) is 4.28. The van der Waals surface area contributed by atoms with Gasteiger partial charge < -0.3 is 4.74 Å². The Hall–Kier alpha value is -1.93. The average molecular weight is 247 g/mol. The van der Waals surface area contributed by atoms with Crippen LogP contribution < -0.4 is 5.32 Å². The van der Waals surface area contributed by atoms with Gasteiger partial charge in [0, 0.05) is 18.3 Å². The molecule has 18 heavy (non-hydrogen) atoms. The van der Waals surface area contributed by atoms with Gasteiger partial charge in [0.25, 0.3) is 0 Å². The Balaban J connectivity index is 2.74. The first kappa shape index (κ1) is 14.1. The zero-order valence-electron chi connectivity index (χ0n) is 10.8. The van der Waals surface area contributed by atoms with Crippen LogP contribution in [0.2, 0.25) is 0 Å². The lowest BCUT2D eigenvalue weighted by Gasteiger charge is -2.19. The Labute approximate surface area is 107 Å². The minimum atomic E-state index is -0.387. The number of hydrogen-bond donors (Lipinski definition) is 1. The van der Waals surface area contributed by atoms with Gasteiger partial charge in [0.1, 0.15) is 17.8 Å². The van der Waals surface area contributed by atoms with Crippen LogP contribution in [0, 0.1) is 17.2 Å². The number of carbonyl (C=O) groups is 1. The van der Waals surface area contributed by atoms with E-state index >= 15 is 0 Å². The highest BCUT2D eigenvalue weighted by atomic mass is 16.5. The Bertz CT molecular complexity index is 452. The Kier molecular flexibility index (Phi) is 5.28. The summed E-state index contributed by atoms with van der Waals surface area (Å²) in [5, 5.41) is 12.0. The number of hydrogen-bond acceptors (Lipinski definition) is 5. The fraction of sp³-hybridized carbons (Fsp3) is 0.462. The molecular weight excluding hydrogens is 230 g/mol. The third-order valence-electron chi connectivity index (χ3n) is 2.63. The Morgan fingerprint density at radius 1 is 1.61 bits per heavy atom. The third kappa shape index (κ3) is 3.54. The zero-order chi connectivity index (χ0) is 13.5. The van der Waals surface area contributed by atoms with E-state index in [4.69, 9.17) is 10.00 Å². The van der Waals surface area contributed by atoms with Gasteiger partial charge in [-0.3, -0.25) is 10.1 Å². The molecule has 0 aliphatic rings. The van der Waals surface area contributed by atoms with E-state index in [1.165, 1.54) is 7.11 Å². The molecule has 5 heteroatoms. The molecule has 0 saturated heterocycles. The molecule has 1 aromatic rings. The highest BCUT2D eigenvalue weighted by molar-refractivity contribution is 5.75. The van der Waals surface area contributed by atoms with Crippen molar-refractivity contribution in [2.75, 3.05) is 7.11 Å². The first-order valence-corrected chi connectivity index (χ1v) is 5.75. The molecule has 1 heterocycles. The maximum atomic E-state index is 11.6. The topological polar surface area (TPSA) is 75.0 Å². The number of pyridine rings is 1. The van der Waals surface area contributed by atoms with Crippen molar-refractivity contribution in [1.82, 2.24) is 10.3 Å². The predicted octanol–water partition coefficient (Wildman–Crippen LogP) is 1.24. The maximum Gasteiger partial charge on any atom is 0.323 e. The number of carbonyl (C=O) groups excluding carboxylic acids is 1. The summed E-state index contributed by atoms with van der Waals surface area (Å²) < 4.78 is 4.74. The summed E-state index contributed by atoms with van der Waals surface area (Å²) in [5.41, 5.74) is 1.15. The molecule has 1 N–H and O–H groups in total. The molecule has 0 aliphatic carbocycles. The lowest BCUT2D eigenvalue weighted by molar-refractivity contribution is -0.144. The molecule has 5 nitrogen and oxygen atoms in total. The second-order valence-corrected chi connectivity index (χ2v) is 4.25. The van der Waals surface area contributed by atoms with Gasteiger partial charge in [-0.05, 0) is 12.0 Å². The lowest BCUT2D eigenvalue weighted by atomic mass is 10.0. The van der Waals surface area contributed by atoms with Crippen LogP contribution in [0.4, 0.5) is 0 Å². The summed E-state index contributed by atoms with van der Waals surface area (Å²) in [4.78, 5) is 15.5. The van der Waals surface area contributed by atoms with E-state index in [0.29, 0.717) is 12.2 Å². The highest BCUT2D eigenvalue weighted by Gasteiger charge is 2.22. The second kappa shape index (κ2) is 6.72. The van der Waals surface area contributed by atoms with Crippen LogP contribution in [0.15, 0.2) is 18.3 Å². The summed E-state index contributed by atoms with van der Waals surface area (Å²) in [5.74, 6) is -0.188. The molecular formula is C13H17N3O2.